The number of benzene rings is 1. The largest absolute Gasteiger partial charge is 0.325 e. The molecular formula is C20H22ClN5OS. The molecule has 2 aromatic heterocycles. The first kappa shape index (κ1) is 19.1. The molecule has 146 valence electrons. The Morgan fingerprint density at radius 2 is 1.82 bits per heavy atom. The minimum absolute atomic E-state index is 0.0893. The lowest BCUT2D eigenvalue weighted by Gasteiger charge is -2.22. The van der Waals surface area contributed by atoms with Gasteiger partial charge in [0.25, 0.3) is 0 Å². The Labute approximate surface area is 173 Å². The molecule has 1 fully saturated rings. The van der Waals surface area contributed by atoms with Gasteiger partial charge < -0.3 is 5.32 Å². The van der Waals surface area contributed by atoms with Crippen LogP contribution in [0.25, 0.3) is 0 Å². The Kier molecular flexibility index (Phi) is 6.02. The van der Waals surface area contributed by atoms with E-state index in [-0.39, 0.29) is 11.7 Å². The third-order valence-corrected chi connectivity index (χ3v) is 6.06. The molecule has 0 spiro atoms. The van der Waals surface area contributed by atoms with E-state index in [0.717, 1.165) is 29.5 Å². The molecule has 1 aromatic carbocycles. The molecule has 0 bridgehead atoms. The summed E-state index contributed by atoms with van der Waals surface area (Å²) in [4.78, 5) is 12.3. The quantitative estimate of drug-likeness (QED) is 0.586. The smallest absolute Gasteiger partial charge is 0.234 e. The lowest BCUT2D eigenvalue weighted by atomic mass is 9.89. The van der Waals surface area contributed by atoms with Crippen LogP contribution in [0, 0.1) is 0 Å². The summed E-state index contributed by atoms with van der Waals surface area (Å²) in [5, 5.41) is 13.1. The maximum Gasteiger partial charge on any atom is 0.234 e. The Morgan fingerprint density at radius 3 is 2.54 bits per heavy atom. The highest BCUT2D eigenvalue weighted by Gasteiger charge is 2.24. The molecule has 1 N–H and O–H groups in total. The summed E-state index contributed by atoms with van der Waals surface area (Å²) in [6.45, 7) is 0. The maximum atomic E-state index is 12.3. The van der Waals surface area contributed by atoms with E-state index >= 15 is 0 Å². The van der Waals surface area contributed by atoms with E-state index in [9.17, 15) is 4.79 Å². The fourth-order valence-corrected chi connectivity index (χ4v) is 4.39. The number of nitrogens with zero attached hydrogens (tertiary/aromatic N) is 4. The first-order chi connectivity index (χ1) is 13.7. The van der Waals surface area contributed by atoms with Gasteiger partial charge in [-0.15, -0.1) is 10.2 Å². The van der Waals surface area contributed by atoms with Gasteiger partial charge in [-0.2, -0.15) is 0 Å². The van der Waals surface area contributed by atoms with Crippen LogP contribution in [0.3, 0.4) is 0 Å². The molecule has 1 aliphatic rings. The molecule has 0 aliphatic heterocycles. The summed E-state index contributed by atoms with van der Waals surface area (Å²) >= 11 is 7.28. The van der Waals surface area contributed by atoms with E-state index in [2.05, 4.69) is 15.5 Å². The van der Waals surface area contributed by atoms with Crippen molar-refractivity contribution in [2.45, 2.75) is 43.2 Å². The monoisotopic (exact) mass is 415 g/mol. The minimum Gasteiger partial charge on any atom is -0.325 e. The van der Waals surface area contributed by atoms with Gasteiger partial charge in [0, 0.05) is 29.0 Å². The van der Waals surface area contributed by atoms with Crippen LogP contribution in [0.2, 0.25) is 5.02 Å². The molecule has 8 heteroatoms. The predicted molar refractivity (Wildman–Crippen MR) is 112 cm³/mol. The van der Waals surface area contributed by atoms with Crippen LogP contribution >= 0.6 is 23.4 Å². The second kappa shape index (κ2) is 8.84. The molecule has 1 amide bonds. The lowest BCUT2D eigenvalue weighted by Crippen LogP contribution is -2.18. The molecule has 0 saturated heterocycles. The number of hydrogen-bond acceptors (Lipinski definition) is 4. The Bertz CT molecular complexity index is 917. The van der Waals surface area contributed by atoms with Crippen molar-refractivity contribution < 1.29 is 4.79 Å². The predicted octanol–water partition coefficient (Wildman–Crippen LogP) is 4.82. The first-order valence-corrected chi connectivity index (χ1v) is 10.8. The van der Waals surface area contributed by atoms with E-state index in [0.29, 0.717) is 10.9 Å². The number of aromatic nitrogens is 4. The van der Waals surface area contributed by atoms with Crippen molar-refractivity contribution in [1.29, 1.82) is 0 Å². The highest BCUT2D eigenvalue weighted by molar-refractivity contribution is 7.99. The summed E-state index contributed by atoms with van der Waals surface area (Å²) < 4.78 is 4.03. The molecule has 6 nitrogen and oxygen atoms in total. The fourth-order valence-electron chi connectivity index (χ4n) is 3.52. The summed E-state index contributed by atoms with van der Waals surface area (Å²) in [6, 6.07) is 11.0. The van der Waals surface area contributed by atoms with Crippen molar-refractivity contribution in [3.05, 3.63) is 59.6 Å². The van der Waals surface area contributed by atoms with E-state index < -0.39 is 0 Å². The molecule has 28 heavy (non-hydrogen) atoms. The van der Waals surface area contributed by atoms with Crippen LogP contribution in [0.1, 0.15) is 43.8 Å². The lowest BCUT2D eigenvalue weighted by molar-refractivity contribution is -0.113. The molecule has 1 saturated carbocycles. The number of rotatable bonds is 6. The van der Waals surface area contributed by atoms with Gasteiger partial charge in [-0.3, -0.25) is 9.47 Å². The van der Waals surface area contributed by atoms with Gasteiger partial charge in [0.15, 0.2) is 5.82 Å². The van der Waals surface area contributed by atoms with Crippen LogP contribution in [0.4, 0.5) is 5.69 Å². The van der Waals surface area contributed by atoms with Crippen molar-refractivity contribution in [2.24, 2.45) is 0 Å². The Hall–Kier alpha value is -2.25. The average Bonchev–Trinajstić information content (AvgIpc) is 3.38. The highest BCUT2D eigenvalue weighted by atomic mass is 35.5. The van der Waals surface area contributed by atoms with Gasteiger partial charge in [-0.25, -0.2) is 4.68 Å². The normalized spacial score (nSPS) is 14.9. The van der Waals surface area contributed by atoms with Crippen LogP contribution in [-0.4, -0.2) is 31.2 Å². The summed E-state index contributed by atoms with van der Waals surface area (Å²) in [6.07, 6.45) is 9.99. The van der Waals surface area contributed by atoms with Gasteiger partial charge in [0.1, 0.15) is 0 Å². The first-order valence-electron chi connectivity index (χ1n) is 9.48. The molecule has 0 atom stereocenters. The van der Waals surface area contributed by atoms with Crippen molar-refractivity contribution in [3.63, 3.8) is 0 Å². The zero-order valence-corrected chi connectivity index (χ0v) is 17.0. The second-order valence-corrected chi connectivity index (χ2v) is 8.27. The average molecular weight is 416 g/mol. The van der Waals surface area contributed by atoms with E-state index in [1.165, 1.54) is 31.0 Å². The molecule has 0 unspecified atom stereocenters. The summed E-state index contributed by atoms with van der Waals surface area (Å²) in [7, 11) is 0. The number of carbonyl (C=O) groups is 1. The Morgan fingerprint density at radius 1 is 1.11 bits per heavy atom. The zero-order chi connectivity index (χ0) is 19.3. The van der Waals surface area contributed by atoms with Crippen molar-refractivity contribution >= 4 is 35.0 Å². The van der Waals surface area contributed by atoms with E-state index in [1.54, 1.807) is 24.3 Å². The number of amides is 1. The number of halogens is 1. The molecule has 1 aliphatic carbocycles. The summed E-state index contributed by atoms with van der Waals surface area (Å²) in [5.74, 6) is 1.57. The van der Waals surface area contributed by atoms with Crippen LogP contribution in [-0.2, 0) is 4.79 Å². The topological polar surface area (TPSA) is 64.7 Å². The van der Waals surface area contributed by atoms with Gasteiger partial charge in [0.2, 0.25) is 11.1 Å². The third kappa shape index (κ3) is 4.42. The van der Waals surface area contributed by atoms with Crippen molar-refractivity contribution in [3.8, 4) is 0 Å². The molecule has 2 heterocycles. The van der Waals surface area contributed by atoms with Gasteiger partial charge in [-0.1, -0.05) is 42.6 Å². The van der Waals surface area contributed by atoms with E-state index in [4.69, 9.17) is 11.6 Å². The molecule has 0 radical (unpaired) electrons. The number of carbonyl (C=O) groups excluding carboxylic acids is 1. The molecular weight excluding hydrogens is 394 g/mol. The second-order valence-electron chi connectivity index (χ2n) is 6.89. The standard InChI is InChI=1S/C20H22ClN5OS/c21-16-8-10-17(11-9-16)22-18(27)14-28-20-24-23-19(15-6-2-1-3-7-15)26(20)25-12-4-5-13-25/h4-5,8-13,15H,1-3,6-7,14H2,(H,22,27). The maximum absolute atomic E-state index is 12.3. The van der Waals surface area contributed by atoms with Crippen LogP contribution < -0.4 is 5.32 Å². The van der Waals surface area contributed by atoms with Crippen LogP contribution in [0.15, 0.2) is 53.9 Å². The van der Waals surface area contributed by atoms with Gasteiger partial charge >= 0.3 is 0 Å². The minimum atomic E-state index is -0.0893. The molecule has 3 aromatic rings. The zero-order valence-electron chi connectivity index (χ0n) is 15.4. The van der Waals surface area contributed by atoms with Crippen LogP contribution in [0.5, 0.6) is 0 Å². The highest BCUT2D eigenvalue weighted by Crippen LogP contribution is 2.33. The van der Waals surface area contributed by atoms with Gasteiger partial charge in [0.05, 0.1) is 5.75 Å². The van der Waals surface area contributed by atoms with Crippen molar-refractivity contribution in [2.75, 3.05) is 11.1 Å². The Balaban J connectivity index is 1.48. The third-order valence-electron chi connectivity index (χ3n) is 4.89. The van der Waals surface area contributed by atoms with Crippen molar-refractivity contribution in [1.82, 2.24) is 19.5 Å². The SMILES string of the molecule is O=C(CSc1nnc(C2CCCCC2)n1-n1cccc1)Nc1ccc(Cl)cc1. The number of nitrogens with one attached hydrogen (secondary N) is 1. The fraction of sp³-hybridized carbons (Fsp3) is 0.350. The number of anilines is 1. The molecule has 4 rings (SSSR count). The summed E-state index contributed by atoms with van der Waals surface area (Å²) in [5.41, 5.74) is 0.727. The van der Waals surface area contributed by atoms with Gasteiger partial charge in [-0.05, 0) is 49.2 Å². The van der Waals surface area contributed by atoms with E-state index in [1.807, 2.05) is 33.9 Å². The number of hydrogen-bond donors (Lipinski definition) is 1. The number of thioether (sulfide) groups is 1.